The van der Waals surface area contributed by atoms with Crippen LogP contribution < -0.4 is 16.0 Å². The molecule has 1 aliphatic rings. The first kappa shape index (κ1) is 17.5. The van der Waals surface area contributed by atoms with Gasteiger partial charge in [0.05, 0.1) is 7.11 Å². The summed E-state index contributed by atoms with van der Waals surface area (Å²) in [6, 6.07) is 6.15. The highest BCUT2D eigenvalue weighted by Crippen LogP contribution is 2.13. The summed E-state index contributed by atoms with van der Waals surface area (Å²) >= 11 is 0. The molecule has 1 aromatic carbocycles. The molecule has 0 bridgehead atoms. The number of ether oxygens (including phenoxy) is 1. The van der Waals surface area contributed by atoms with Crippen LogP contribution >= 0.6 is 0 Å². The van der Waals surface area contributed by atoms with Crippen LogP contribution in [-0.4, -0.2) is 43.4 Å². The van der Waals surface area contributed by atoms with Crippen molar-refractivity contribution in [3.63, 3.8) is 0 Å². The Morgan fingerprint density at radius 2 is 1.96 bits per heavy atom. The fourth-order valence-corrected chi connectivity index (χ4v) is 2.30. The molecule has 1 aromatic rings. The molecular weight excluding hydrogens is 314 g/mol. The molecule has 0 radical (unpaired) electrons. The summed E-state index contributed by atoms with van der Waals surface area (Å²) in [5.41, 5.74) is 0.911. The number of anilines is 1. The van der Waals surface area contributed by atoms with E-state index in [-0.39, 0.29) is 30.8 Å². The van der Waals surface area contributed by atoms with Gasteiger partial charge in [-0.3, -0.25) is 19.2 Å². The molecule has 3 amide bonds. The third kappa shape index (κ3) is 5.08. The van der Waals surface area contributed by atoms with Gasteiger partial charge in [0, 0.05) is 30.1 Å². The second-order valence-electron chi connectivity index (χ2n) is 5.39. The number of hydrogen-bond donors (Lipinski definition) is 3. The molecule has 1 saturated heterocycles. The second-order valence-corrected chi connectivity index (χ2v) is 5.39. The summed E-state index contributed by atoms with van der Waals surface area (Å²) in [4.78, 5) is 45.8. The smallest absolute Gasteiger partial charge is 0.325 e. The van der Waals surface area contributed by atoms with Crippen LogP contribution in [0.4, 0.5) is 5.69 Å². The predicted octanol–water partition coefficient (Wildman–Crippen LogP) is 0.197. The summed E-state index contributed by atoms with van der Waals surface area (Å²) in [6.45, 7) is -0.207. The van der Waals surface area contributed by atoms with E-state index >= 15 is 0 Å². The van der Waals surface area contributed by atoms with Gasteiger partial charge in [0.25, 0.3) is 5.91 Å². The van der Waals surface area contributed by atoms with E-state index in [1.165, 1.54) is 7.11 Å². The van der Waals surface area contributed by atoms with Crippen LogP contribution in [0.5, 0.6) is 0 Å². The molecule has 3 N–H and O–H groups in total. The van der Waals surface area contributed by atoms with Crippen molar-refractivity contribution in [3.05, 3.63) is 29.8 Å². The van der Waals surface area contributed by atoms with E-state index in [9.17, 15) is 19.2 Å². The van der Waals surface area contributed by atoms with Crippen LogP contribution in [0.25, 0.3) is 0 Å². The quantitative estimate of drug-likeness (QED) is 0.644. The monoisotopic (exact) mass is 333 g/mol. The van der Waals surface area contributed by atoms with Crippen molar-refractivity contribution in [1.29, 1.82) is 0 Å². The third-order valence-corrected chi connectivity index (χ3v) is 3.57. The Morgan fingerprint density at radius 3 is 2.54 bits per heavy atom. The van der Waals surface area contributed by atoms with Crippen LogP contribution in [0, 0.1) is 0 Å². The van der Waals surface area contributed by atoms with Crippen molar-refractivity contribution in [2.45, 2.75) is 25.3 Å². The Hall–Kier alpha value is -2.90. The third-order valence-electron chi connectivity index (χ3n) is 3.57. The standard InChI is InChI=1S/C16H19N3O5/c1-24-15(22)9-17-16(23)10-2-4-11(5-3-10)18-14(21)8-12-6-7-13(20)19-12/h2-5,12H,6-9H2,1H3,(H,17,23)(H,18,21)(H,19,20). The molecule has 1 atom stereocenters. The number of amides is 3. The summed E-state index contributed by atoms with van der Waals surface area (Å²) in [5.74, 6) is -1.18. The van der Waals surface area contributed by atoms with E-state index < -0.39 is 11.9 Å². The molecule has 1 fully saturated rings. The Labute approximate surface area is 138 Å². The van der Waals surface area contributed by atoms with Crippen LogP contribution in [0.2, 0.25) is 0 Å². The molecule has 1 aliphatic heterocycles. The lowest BCUT2D eigenvalue weighted by Crippen LogP contribution is -2.30. The first-order chi connectivity index (χ1) is 11.5. The molecule has 0 aliphatic carbocycles. The lowest BCUT2D eigenvalue weighted by atomic mass is 10.1. The van der Waals surface area contributed by atoms with Gasteiger partial charge in [-0.15, -0.1) is 0 Å². The number of benzene rings is 1. The molecule has 8 nitrogen and oxygen atoms in total. The minimum atomic E-state index is -0.536. The van der Waals surface area contributed by atoms with Crippen LogP contribution in [0.1, 0.15) is 29.6 Å². The Balaban J connectivity index is 1.82. The maximum Gasteiger partial charge on any atom is 0.325 e. The van der Waals surface area contributed by atoms with Gasteiger partial charge >= 0.3 is 5.97 Å². The fourth-order valence-electron chi connectivity index (χ4n) is 2.30. The Bertz CT molecular complexity index is 642. The number of hydrogen-bond acceptors (Lipinski definition) is 5. The van der Waals surface area contributed by atoms with Crippen molar-refractivity contribution < 1.29 is 23.9 Å². The minimum absolute atomic E-state index is 0.0323. The molecule has 2 rings (SSSR count). The van der Waals surface area contributed by atoms with Gasteiger partial charge in [-0.25, -0.2) is 0 Å². The predicted molar refractivity (Wildman–Crippen MR) is 85.2 cm³/mol. The SMILES string of the molecule is COC(=O)CNC(=O)c1ccc(NC(=O)CC2CCC(=O)N2)cc1. The van der Waals surface area contributed by atoms with Crippen LogP contribution in [-0.2, 0) is 19.1 Å². The van der Waals surface area contributed by atoms with Gasteiger partial charge in [-0.05, 0) is 30.7 Å². The van der Waals surface area contributed by atoms with E-state index in [0.717, 1.165) is 0 Å². The number of carbonyl (C=O) groups is 4. The zero-order valence-electron chi connectivity index (χ0n) is 13.3. The molecule has 0 saturated carbocycles. The molecule has 24 heavy (non-hydrogen) atoms. The van der Waals surface area contributed by atoms with Gasteiger partial charge in [0.2, 0.25) is 11.8 Å². The summed E-state index contributed by atoms with van der Waals surface area (Å²) in [7, 11) is 1.24. The molecule has 0 spiro atoms. The molecule has 128 valence electrons. The number of carbonyl (C=O) groups excluding carboxylic acids is 4. The van der Waals surface area contributed by atoms with E-state index in [2.05, 4.69) is 20.7 Å². The molecule has 1 heterocycles. The average molecular weight is 333 g/mol. The van der Waals surface area contributed by atoms with E-state index in [1.807, 2.05) is 0 Å². The number of rotatable bonds is 6. The first-order valence-corrected chi connectivity index (χ1v) is 7.52. The normalized spacial score (nSPS) is 16.2. The van der Waals surface area contributed by atoms with Crippen molar-refractivity contribution >= 4 is 29.4 Å². The maximum absolute atomic E-state index is 11.9. The molecule has 8 heteroatoms. The Morgan fingerprint density at radius 1 is 1.25 bits per heavy atom. The topological polar surface area (TPSA) is 114 Å². The largest absolute Gasteiger partial charge is 0.468 e. The van der Waals surface area contributed by atoms with Crippen molar-refractivity contribution in [3.8, 4) is 0 Å². The van der Waals surface area contributed by atoms with Gasteiger partial charge in [-0.2, -0.15) is 0 Å². The first-order valence-electron chi connectivity index (χ1n) is 7.52. The number of methoxy groups -OCH3 is 1. The van der Waals surface area contributed by atoms with Crippen LogP contribution in [0.15, 0.2) is 24.3 Å². The maximum atomic E-state index is 11.9. The number of esters is 1. The summed E-state index contributed by atoms with van der Waals surface area (Å²) in [6.07, 6.45) is 1.33. The zero-order valence-corrected chi connectivity index (χ0v) is 13.3. The van der Waals surface area contributed by atoms with E-state index in [1.54, 1.807) is 24.3 Å². The molecule has 0 aromatic heterocycles. The van der Waals surface area contributed by atoms with E-state index in [4.69, 9.17) is 0 Å². The second kappa shape index (κ2) is 8.09. The van der Waals surface area contributed by atoms with Crippen LogP contribution in [0.3, 0.4) is 0 Å². The average Bonchev–Trinajstić information content (AvgIpc) is 2.97. The van der Waals surface area contributed by atoms with E-state index in [0.29, 0.717) is 24.1 Å². The fraction of sp³-hybridized carbons (Fsp3) is 0.375. The van der Waals surface area contributed by atoms with Gasteiger partial charge in [0.1, 0.15) is 6.54 Å². The minimum Gasteiger partial charge on any atom is -0.468 e. The Kier molecular flexibility index (Phi) is 5.89. The highest BCUT2D eigenvalue weighted by Gasteiger charge is 2.23. The van der Waals surface area contributed by atoms with Gasteiger partial charge in [0.15, 0.2) is 0 Å². The highest BCUT2D eigenvalue weighted by molar-refractivity contribution is 5.97. The van der Waals surface area contributed by atoms with Crippen molar-refractivity contribution in [2.75, 3.05) is 19.0 Å². The lowest BCUT2D eigenvalue weighted by Gasteiger charge is -2.10. The summed E-state index contributed by atoms with van der Waals surface area (Å²) < 4.78 is 4.43. The molecular formula is C16H19N3O5. The van der Waals surface area contributed by atoms with Crippen molar-refractivity contribution in [1.82, 2.24) is 10.6 Å². The van der Waals surface area contributed by atoms with Gasteiger partial charge < -0.3 is 20.7 Å². The number of nitrogens with one attached hydrogen (secondary N) is 3. The lowest BCUT2D eigenvalue weighted by molar-refractivity contribution is -0.139. The zero-order chi connectivity index (χ0) is 17.5. The van der Waals surface area contributed by atoms with Gasteiger partial charge in [-0.1, -0.05) is 0 Å². The molecule has 1 unspecified atom stereocenters. The summed E-state index contributed by atoms with van der Waals surface area (Å²) in [5, 5.41) is 7.87. The highest BCUT2D eigenvalue weighted by atomic mass is 16.5. The van der Waals surface area contributed by atoms with Crippen molar-refractivity contribution in [2.24, 2.45) is 0 Å².